The molecule has 4 fully saturated rings. The molecule has 0 heterocycles. The minimum absolute atomic E-state index is 0.0490. The Hall–Kier alpha value is -2.28. The van der Waals surface area contributed by atoms with Gasteiger partial charge in [-0.25, -0.2) is 0 Å². The highest BCUT2D eigenvalue weighted by atomic mass is 16.5. The first kappa shape index (κ1) is 30.2. The summed E-state index contributed by atoms with van der Waals surface area (Å²) in [5, 5.41) is 11.1. The Kier molecular flexibility index (Phi) is 7.28. The van der Waals surface area contributed by atoms with E-state index in [0.29, 0.717) is 23.8 Å². The second kappa shape index (κ2) is 9.89. The second-order valence-electron chi connectivity index (χ2n) is 14.7. The standard InChI is InChI=1S/C34H48O7/c1-18(16-40-22(5)35)19(2)29(38)30(39)21(4)28-26(41-23(6)36)15-32(8)27-10-9-24-20(3)25(37)11-12-33(24)17-34(27,33)14-13-31(28,32)7/h11-12,18,20-21,24,26-29,38H,2,9-10,13-17H2,1,3-8H3/t18-,20-,21-,24-,26-,27-,28-,29?,31+,32-,33+,34-/m0/s1. The van der Waals surface area contributed by atoms with E-state index < -0.39 is 24.1 Å². The molecule has 226 valence electrons. The lowest BCUT2D eigenvalue weighted by molar-refractivity contribution is -0.155. The molecule has 41 heavy (non-hydrogen) atoms. The number of ketones is 2. The monoisotopic (exact) mass is 568 g/mol. The smallest absolute Gasteiger partial charge is 0.302 e. The summed E-state index contributed by atoms with van der Waals surface area (Å²) < 4.78 is 11.1. The molecule has 1 unspecified atom stereocenters. The third-order valence-corrected chi connectivity index (χ3v) is 13.1. The predicted octanol–water partition coefficient (Wildman–Crippen LogP) is 5.24. The van der Waals surface area contributed by atoms with Crippen LogP contribution in [0.2, 0.25) is 0 Å². The summed E-state index contributed by atoms with van der Waals surface area (Å²) in [6.45, 7) is 17.2. The van der Waals surface area contributed by atoms with Crippen molar-refractivity contribution in [2.24, 2.45) is 57.2 Å². The van der Waals surface area contributed by atoms with Gasteiger partial charge in [0.1, 0.15) is 12.2 Å². The van der Waals surface area contributed by atoms with E-state index in [4.69, 9.17) is 9.47 Å². The molecular weight excluding hydrogens is 520 g/mol. The van der Waals surface area contributed by atoms with Gasteiger partial charge in [0.05, 0.1) is 6.61 Å². The SMILES string of the molecule is C=C(C(O)C(=O)[C@@H](C)[C@H]1[C@@H](OC(C)=O)C[C@@]2(C)[C@@H]3CC[C@H]4[C@H](C)C(=O)C=C[C@@]45C[C@@]35CC[C@]12C)[C@@H](C)COC(C)=O. The number of hydrogen-bond donors (Lipinski definition) is 1. The van der Waals surface area contributed by atoms with E-state index in [1.54, 1.807) is 6.92 Å². The van der Waals surface area contributed by atoms with E-state index in [-0.39, 0.29) is 63.6 Å². The van der Waals surface area contributed by atoms with Crippen molar-refractivity contribution < 1.29 is 33.8 Å². The molecule has 5 aliphatic rings. The van der Waals surface area contributed by atoms with Crippen molar-refractivity contribution in [1.29, 1.82) is 0 Å². The van der Waals surface area contributed by atoms with Crippen molar-refractivity contribution in [2.45, 2.75) is 99.2 Å². The Morgan fingerprint density at radius 1 is 1.10 bits per heavy atom. The van der Waals surface area contributed by atoms with Gasteiger partial charge < -0.3 is 14.6 Å². The van der Waals surface area contributed by atoms with Crippen molar-refractivity contribution >= 4 is 23.5 Å². The number of carbonyl (C=O) groups is 4. The van der Waals surface area contributed by atoms with Crippen LogP contribution in [0.1, 0.15) is 87.0 Å². The van der Waals surface area contributed by atoms with Crippen molar-refractivity contribution in [3.63, 3.8) is 0 Å². The molecule has 2 spiro atoms. The quantitative estimate of drug-likeness (QED) is 0.315. The Morgan fingerprint density at radius 3 is 2.41 bits per heavy atom. The van der Waals surface area contributed by atoms with E-state index >= 15 is 0 Å². The number of Topliss-reactive ketones (excluding diaryl/α,β-unsaturated/α-hetero) is 1. The lowest BCUT2D eigenvalue weighted by atomic mass is 9.43. The van der Waals surface area contributed by atoms with Gasteiger partial charge in [-0.2, -0.15) is 0 Å². The van der Waals surface area contributed by atoms with Gasteiger partial charge in [-0.1, -0.05) is 47.3 Å². The van der Waals surface area contributed by atoms with E-state index in [9.17, 15) is 24.3 Å². The zero-order valence-electron chi connectivity index (χ0n) is 25.8. The van der Waals surface area contributed by atoms with Crippen LogP contribution >= 0.6 is 0 Å². The summed E-state index contributed by atoms with van der Waals surface area (Å²) in [6, 6.07) is 0. The molecule has 4 saturated carbocycles. The van der Waals surface area contributed by atoms with Crippen LogP contribution in [0.15, 0.2) is 24.3 Å². The number of ether oxygens (including phenoxy) is 2. The molecule has 0 amide bonds. The van der Waals surface area contributed by atoms with Crippen molar-refractivity contribution in [3.8, 4) is 0 Å². The highest BCUT2D eigenvalue weighted by Gasteiger charge is 2.81. The highest BCUT2D eigenvalue weighted by Crippen LogP contribution is 2.87. The summed E-state index contributed by atoms with van der Waals surface area (Å²) in [5.74, 6) is -1.20. The zero-order valence-corrected chi connectivity index (χ0v) is 25.8. The molecule has 12 atom stereocenters. The lowest BCUT2D eigenvalue weighted by Crippen LogP contribution is -2.55. The van der Waals surface area contributed by atoms with Crippen LogP contribution in [-0.2, 0) is 28.7 Å². The van der Waals surface area contributed by atoms with Gasteiger partial charge in [0.25, 0.3) is 0 Å². The number of aliphatic hydroxyl groups is 1. The fourth-order valence-corrected chi connectivity index (χ4v) is 10.8. The average molecular weight is 569 g/mol. The Morgan fingerprint density at radius 2 is 1.78 bits per heavy atom. The first-order chi connectivity index (χ1) is 19.1. The van der Waals surface area contributed by atoms with Crippen LogP contribution in [0.5, 0.6) is 0 Å². The van der Waals surface area contributed by atoms with Crippen molar-refractivity contribution in [3.05, 3.63) is 24.3 Å². The topological polar surface area (TPSA) is 107 Å². The fourth-order valence-electron chi connectivity index (χ4n) is 10.8. The normalized spacial score (nSPS) is 44.3. The van der Waals surface area contributed by atoms with Crippen molar-refractivity contribution in [2.75, 3.05) is 6.61 Å². The number of esters is 2. The minimum atomic E-state index is -1.40. The van der Waals surface area contributed by atoms with Gasteiger partial charge in [0, 0.05) is 37.5 Å². The number of rotatable bonds is 8. The van der Waals surface area contributed by atoms with Crippen LogP contribution in [0.25, 0.3) is 0 Å². The van der Waals surface area contributed by atoms with Gasteiger partial charge in [0.15, 0.2) is 11.6 Å². The summed E-state index contributed by atoms with van der Waals surface area (Å²) in [7, 11) is 0. The number of carbonyl (C=O) groups excluding carboxylic acids is 4. The number of fused-ring (bicyclic) bond motifs is 2. The Labute approximate surface area is 244 Å². The Balaban J connectivity index is 1.45. The second-order valence-corrected chi connectivity index (χ2v) is 14.7. The molecule has 0 aromatic rings. The number of hydrogen-bond acceptors (Lipinski definition) is 7. The van der Waals surface area contributed by atoms with Gasteiger partial charge in [-0.05, 0) is 83.7 Å². The molecule has 5 aliphatic carbocycles. The summed E-state index contributed by atoms with van der Waals surface area (Å²) >= 11 is 0. The average Bonchev–Trinajstić information content (AvgIpc) is 3.52. The maximum atomic E-state index is 13.9. The summed E-state index contributed by atoms with van der Waals surface area (Å²) in [6.07, 6.45) is 8.07. The maximum absolute atomic E-state index is 13.9. The van der Waals surface area contributed by atoms with Gasteiger partial charge in [0.2, 0.25) is 0 Å². The molecule has 0 saturated heterocycles. The number of aliphatic hydroxyl groups excluding tert-OH is 1. The third kappa shape index (κ3) is 4.15. The van der Waals surface area contributed by atoms with Gasteiger partial charge in [-0.15, -0.1) is 0 Å². The van der Waals surface area contributed by atoms with Gasteiger partial charge in [-0.3, -0.25) is 19.2 Å². The fraction of sp³-hybridized carbons (Fsp3) is 0.765. The molecular formula is C34H48O7. The van der Waals surface area contributed by atoms with Crippen LogP contribution < -0.4 is 0 Å². The molecule has 7 heteroatoms. The molecule has 1 N–H and O–H groups in total. The summed E-state index contributed by atoms with van der Waals surface area (Å²) in [4.78, 5) is 50.1. The highest BCUT2D eigenvalue weighted by molar-refractivity contribution is 5.93. The van der Waals surface area contributed by atoms with Crippen LogP contribution in [-0.4, -0.2) is 47.4 Å². The predicted molar refractivity (Wildman–Crippen MR) is 153 cm³/mol. The number of allylic oxidation sites excluding steroid dienone is 2. The van der Waals surface area contributed by atoms with Gasteiger partial charge >= 0.3 is 11.9 Å². The molecule has 0 bridgehead atoms. The lowest BCUT2D eigenvalue weighted by Gasteiger charge is -2.60. The van der Waals surface area contributed by atoms with Crippen LogP contribution in [0, 0.1) is 57.2 Å². The minimum Gasteiger partial charge on any atom is -0.465 e. The third-order valence-electron chi connectivity index (χ3n) is 13.1. The molecule has 0 aromatic carbocycles. The first-order valence-electron chi connectivity index (χ1n) is 15.5. The molecule has 0 radical (unpaired) electrons. The van der Waals surface area contributed by atoms with E-state index in [0.717, 1.165) is 32.1 Å². The first-order valence-corrected chi connectivity index (χ1v) is 15.5. The summed E-state index contributed by atoms with van der Waals surface area (Å²) in [5.41, 5.74) is 0.113. The molecule has 5 rings (SSSR count). The van der Waals surface area contributed by atoms with E-state index in [1.807, 2.05) is 13.0 Å². The van der Waals surface area contributed by atoms with Crippen LogP contribution in [0.3, 0.4) is 0 Å². The largest absolute Gasteiger partial charge is 0.465 e. The van der Waals surface area contributed by atoms with Crippen LogP contribution in [0.4, 0.5) is 0 Å². The maximum Gasteiger partial charge on any atom is 0.302 e. The molecule has 0 aliphatic heterocycles. The van der Waals surface area contributed by atoms with E-state index in [1.165, 1.54) is 13.8 Å². The molecule has 0 aromatic heterocycles. The zero-order chi connectivity index (χ0) is 30.3. The Bertz CT molecular complexity index is 1200. The van der Waals surface area contributed by atoms with Crippen molar-refractivity contribution in [1.82, 2.24) is 0 Å². The molecule has 7 nitrogen and oxygen atoms in total. The van der Waals surface area contributed by atoms with E-state index in [2.05, 4.69) is 33.4 Å².